The number of nitrogens with one attached hydrogen (secondary N) is 1. The molecule has 3 aromatic rings. The summed E-state index contributed by atoms with van der Waals surface area (Å²) in [6.45, 7) is 6.35. The highest BCUT2D eigenvalue weighted by Crippen LogP contribution is 2.17. The van der Waals surface area contributed by atoms with Gasteiger partial charge < -0.3 is 14.8 Å². The van der Waals surface area contributed by atoms with E-state index in [0.29, 0.717) is 17.3 Å². The van der Waals surface area contributed by atoms with Crippen LogP contribution in [-0.2, 0) is 13.1 Å². The summed E-state index contributed by atoms with van der Waals surface area (Å²) < 4.78 is 2.22. The number of hydrogen-bond acceptors (Lipinski definition) is 1. The number of unbranched alkanes of at least 4 members (excludes halogenated alkanes) is 2. The summed E-state index contributed by atoms with van der Waals surface area (Å²) in [6.07, 6.45) is 5.29. The van der Waals surface area contributed by atoms with E-state index in [-0.39, 0.29) is 6.03 Å². The zero-order chi connectivity index (χ0) is 21.3. The van der Waals surface area contributed by atoms with E-state index in [1.165, 1.54) is 11.1 Å². The van der Waals surface area contributed by atoms with E-state index in [1.807, 2.05) is 23.1 Å². The number of hydrogen-bond donors (Lipinski definition) is 1. The Bertz CT molecular complexity index is 966. The number of aryl methyl sites for hydroxylation is 1. The van der Waals surface area contributed by atoms with E-state index < -0.39 is 0 Å². The smallest absolute Gasteiger partial charge is 0.322 e. The van der Waals surface area contributed by atoms with Gasteiger partial charge in [-0.05, 0) is 49.2 Å². The highest BCUT2D eigenvalue weighted by molar-refractivity contribution is 6.30. The predicted octanol–water partition coefficient (Wildman–Crippen LogP) is 6.72. The number of anilines is 1. The molecule has 3 rings (SSSR count). The molecule has 2 amide bonds. The maximum absolute atomic E-state index is 13.0. The van der Waals surface area contributed by atoms with Gasteiger partial charge in [0.15, 0.2) is 0 Å². The minimum Gasteiger partial charge on any atom is -0.345 e. The molecular weight excluding hydrogens is 394 g/mol. The van der Waals surface area contributed by atoms with Crippen LogP contribution in [0.5, 0.6) is 0 Å². The fraction of sp³-hybridized carbons (Fsp3) is 0.320. The normalized spacial score (nSPS) is 10.8. The van der Waals surface area contributed by atoms with Gasteiger partial charge in [0.25, 0.3) is 0 Å². The molecular formula is C25H30ClN3O. The van der Waals surface area contributed by atoms with Crippen LogP contribution in [0.25, 0.3) is 0 Å². The molecule has 1 aromatic heterocycles. The Morgan fingerprint density at radius 1 is 1.07 bits per heavy atom. The third-order valence-corrected chi connectivity index (χ3v) is 5.34. The van der Waals surface area contributed by atoms with Crippen LogP contribution in [0.2, 0.25) is 5.02 Å². The van der Waals surface area contributed by atoms with Crippen LogP contribution in [0, 0.1) is 6.92 Å². The van der Waals surface area contributed by atoms with Gasteiger partial charge in [0, 0.05) is 35.7 Å². The van der Waals surface area contributed by atoms with Gasteiger partial charge in [-0.25, -0.2) is 4.79 Å². The Morgan fingerprint density at radius 3 is 2.67 bits per heavy atom. The van der Waals surface area contributed by atoms with E-state index >= 15 is 0 Å². The molecule has 0 spiro atoms. The maximum Gasteiger partial charge on any atom is 0.322 e. The Kier molecular flexibility index (Phi) is 7.97. The summed E-state index contributed by atoms with van der Waals surface area (Å²) in [5.74, 6) is 0. The van der Waals surface area contributed by atoms with Crippen molar-refractivity contribution in [1.82, 2.24) is 9.47 Å². The van der Waals surface area contributed by atoms with Crippen molar-refractivity contribution in [2.45, 2.75) is 46.2 Å². The van der Waals surface area contributed by atoms with Crippen LogP contribution in [0.15, 0.2) is 66.9 Å². The van der Waals surface area contributed by atoms with Crippen molar-refractivity contribution >= 4 is 23.3 Å². The van der Waals surface area contributed by atoms with E-state index in [4.69, 9.17) is 11.6 Å². The topological polar surface area (TPSA) is 37.3 Å². The standard InChI is InChI=1S/C25H30ClN3O/c1-3-4-5-14-29(25(30)27-23-12-7-11-22(26)17-23)19-24-13-8-15-28(24)18-21-10-6-9-20(2)16-21/h6-13,15-17H,3-5,14,18-19H2,1-2H3,(H,27,30). The fourth-order valence-corrected chi connectivity index (χ4v) is 3.71. The fourth-order valence-electron chi connectivity index (χ4n) is 3.52. The third-order valence-electron chi connectivity index (χ3n) is 5.11. The molecule has 0 aliphatic heterocycles. The van der Waals surface area contributed by atoms with Gasteiger partial charge >= 0.3 is 6.03 Å². The second kappa shape index (κ2) is 10.9. The van der Waals surface area contributed by atoms with Crippen LogP contribution in [0.4, 0.5) is 10.5 Å². The molecule has 30 heavy (non-hydrogen) atoms. The van der Waals surface area contributed by atoms with Gasteiger partial charge in [0.2, 0.25) is 0 Å². The van der Waals surface area contributed by atoms with Crippen molar-refractivity contribution in [3.05, 3.63) is 88.7 Å². The van der Waals surface area contributed by atoms with Crippen LogP contribution in [0.3, 0.4) is 0 Å². The summed E-state index contributed by atoms with van der Waals surface area (Å²) in [4.78, 5) is 14.9. The van der Waals surface area contributed by atoms with E-state index in [9.17, 15) is 4.79 Å². The van der Waals surface area contributed by atoms with Crippen LogP contribution >= 0.6 is 11.6 Å². The van der Waals surface area contributed by atoms with Gasteiger partial charge in [0.05, 0.1) is 6.54 Å². The van der Waals surface area contributed by atoms with Gasteiger partial charge in [0.1, 0.15) is 0 Å². The zero-order valence-corrected chi connectivity index (χ0v) is 18.5. The molecule has 0 saturated heterocycles. The molecule has 0 aliphatic rings. The van der Waals surface area contributed by atoms with Crippen molar-refractivity contribution < 1.29 is 4.79 Å². The molecule has 0 radical (unpaired) electrons. The second-order valence-electron chi connectivity index (χ2n) is 7.69. The third kappa shape index (κ3) is 6.39. The van der Waals surface area contributed by atoms with Crippen molar-refractivity contribution in [3.63, 3.8) is 0 Å². The Morgan fingerprint density at radius 2 is 1.90 bits per heavy atom. The average Bonchev–Trinajstić information content (AvgIpc) is 3.14. The summed E-state index contributed by atoms with van der Waals surface area (Å²) in [5.41, 5.74) is 4.34. The molecule has 2 aromatic carbocycles. The SMILES string of the molecule is CCCCCN(Cc1cccn1Cc1cccc(C)c1)C(=O)Nc1cccc(Cl)c1. The molecule has 1 N–H and O–H groups in total. The first kappa shape index (κ1) is 22.0. The minimum atomic E-state index is -0.100. The van der Waals surface area contributed by atoms with Gasteiger partial charge in [-0.15, -0.1) is 0 Å². The van der Waals surface area contributed by atoms with Crippen LogP contribution < -0.4 is 5.32 Å². The molecule has 5 heteroatoms. The first-order valence-electron chi connectivity index (χ1n) is 10.6. The largest absolute Gasteiger partial charge is 0.345 e. The second-order valence-corrected chi connectivity index (χ2v) is 8.12. The number of nitrogens with zero attached hydrogens (tertiary/aromatic N) is 2. The summed E-state index contributed by atoms with van der Waals surface area (Å²) in [5, 5.41) is 3.60. The summed E-state index contributed by atoms with van der Waals surface area (Å²) >= 11 is 6.07. The number of amides is 2. The summed E-state index contributed by atoms with van der Waals surface area (Å²) in [6, 6.07) is 19.8. The quantitative estimate of drug-likeness (QED) is 0.381. The van der Waals surface area contributed by atoms with Crippen molar-refractivity contribution in [2.75, 3.05) is 11.9 Å². The summed E-state index contributed by atoms with van der Waals surface area (Å²) in [7, 11) is 0. The lowest BCUT2D eigenvalue weighted by Crippen LogP contribution is -2.36. The predicted molar refractivity (Wildman–Crippen MR) is 125 cm³/mol. The van der Waals surface area contributed by atoms with Crippen LogP contribution in [-0.4, -0.2) is 22.0 Å². The first-order valence-corrected chi connectivity index (χ1v) is 10.9. The van der Waals surface area contributed by atoms with Crippen molar-refractivity contribution in [2.24, 2.45) is 0 Å². The van der Waals surface area contributed by atoms with Crippen molar-refractivity contribution in [1.29, 1.82) is 0 Å². The molecule has 0 saturated carbocycles. The molecule has 1 heterocycles. The Labute approximate surface area is 184 Å². The minimum absolute atomic E-state index is 0.100. The molecule has 0 bridgehead atoms. The molecule has 0 fully saturated rings. The van der Waals surface area contributed by atoms with E-state index in [0.717, 1.165) is 38.0 Å². The van der Waals surface area contributed by atoms with E-state index in [2.05, 4.69) is 60.3 Å². The van der Waals surface area contributed by atoms with Gasteiger partial charge in [-0.2, -0.15) is 0 Å². The number of carbonyl (C=O) groups excluding carboxylic acids is 1. The molecule has 0 unspecified atom stereocenters. The lowest BCUT2D eigenvalue weighted by Gasteiger charge is -2.24. The van der Waals surface area contributed by atoms with Gasteiger partial charge in [-0.1, -0.05) is 67.3 Å². The lowest BCUT2D eigenvalue weighted by atomic mass is 10.1. The van der Waals surface area contributed by atoms with Gasteiger partial charge in [-0.3, -0.25) is 0 Å². The highest BCUT2D eigenvalue weighted by atomic mass is 35.5. The number of rotatable bonds is 9. The number of aromatic nitrogens is 1. The van der Waals surface area contributed by atoms with Crippen molar-refractivity contribution in [3.8, 4) is 0 Å². The van der Waals surface area contributed by atoms with E-state index in [1.54, 1.807) is 12.1 Å². The number of benzene rings is 2. The first-order chi connectivity index (χ1) is 14.5. The molecule has 0 atom stereocenters. The molecule has 158 valence electrons. The maximum atomic E-state index is 13.0. The number of urea groups is 1. The van der Waals surface area contributed by atoms with Crippen LogP contribution in [0.1, 0.15) is 43.0 Å². The molecule has 4 nitrogen and oxygen atoms in total. The average molecular weight is 424 g/mol. The zero-order valence-electron chi connectivity index (χ0n) is 17.8. The Balaban J connectivity index is 1.73. The monoisotopic (exact) mass is 423 g/mol. The highest BCUT2D eigenvalue weighted by Gasteiger charge is 2.16. The number of halogens is 1. The number of carbonyl (C=O) groups is 1. The Hall–Kier alpha value is -2.72. The lowest BCUT2D eigenvalue weighted by molar-refractivity contribution is 0.206. The molecule has 0 aliphatic carbocycles.